The van der Waals surface area contributed by atoms with E-state index in [1.54, 1.807) is 13.0 Å². The number of carbonyl (C=O) groups excluding carboxylic acids is 2. The summed E-state index contributed by atoms with van der Waals surface area (Å²) in [5, 5.41) is 3.39. The van der Waals surface area contributed by atoms with Crippen molar-refractivity contribution in [3.63, 3.8) is 0 Å². The van der Waals surface area contributed by atoms with Crippen LogP contribution in [0.25, 0.3) is 0 Å². The highest BCUT2D eigenvalue weighted by atomic mass is 35.5. The van der Waals surface area contributed by atoms with Crippen LogP contribution < -0.4 is 11.1 Å². The number of thioether (sulfide) groups is 1. The molecular formula is C18H21ClN4O3S. The molecule has 144 valence electrons. The molecule has 1 amide bonds. The lowest BCUT2D eigenvalue weighted by Gasteiger charge is -2.14. The number of nitrogens with one attached hydrogen (secondary N) is 1. The summed E-state index contributed by atoms with van der Waals surface area (Å²) in [6, 6.07) is 7.33. The maximum atomic E-state index is 12.5. The van der Waals surface area contributed by atoms with E-state index in [4.69, 9.17) is 22.1 Å². The molecule has 0 aliphatic carbocycles. The second-order valence-corrected chi connectivity index (χ2v) is 7.07. The third-order valence-corrected chi connectivity index (χ3v) is 5.22. The Morgan fingerprint density at radius 1 is 1.33 bits per heavy atom. The molecule has 7 nitrogen and oxygen atoms in total. The number of nitrogen functional groups attached to an aromatic ring is 1. The highest BCUT2D eigenvalue weighted by molar-refractivity contribution is 8.00. The molecule has 0 saturated heterocycles. The Morgan fingerprint density at radius 2 is 2.07 bits per heavy atom. The predicted molar refractivity (Wildman–Crippen MR) is 106 cm³/mol. The highest BCUT2D eigenvalue weighted by Gasteiger charge is 2.21. The van der Waals surface area contributed by atoms with Gasteiger partial charge in [-0.25, -0.2) is 14.8 Å². The zero-order valence-electron chi connectivity index (χ0n) is 15.1. The van der Waals surface area contributed by atoms with E-state index >= 15 is 0 Å². The molecule has 0 unspecified atom stereocenters. The molecular weight excluding hydrogens is 388 g/mol. The number of aromatic nitrogens is 2. The van der Waals surface area contributed by atoms with E-state index in [9.17, 15) is 9.59 Å². The number of ether oxygens (including phenoxy) is 1. The number of nitrogens with zero attached hydrogens (tertiary/aromatic N) is 2. The zero-order valence-corrected chi connectivity index (χ0v) is 16.6. The van der Waals surface area contributed by atoms with Crippen LogP contribution in [0.2, 0.25) is 5.02 Å². The summed E-state index contributed by atoms with van der Waals surface area (Å²) >= 11 is 7.29. The van der Waals surface area contributed by atoms with E-state index in [1.165, 1.54) is 18.0 Å². The number of anilines is 1. The van der Waals surface area contributed by atoms with E-state index < -0.39 is 11.2 Å². The van der Waals surface area contributed by atoms with Gasteiger partial charge in [0.15, 0.2) is 5.16 Å². The molecule has 1 heterocycles. The van der Waals surface area contributed by atoms with E-state index in [0.29, 0.717) is 23.1 Å². The Kier molecular flexibility index (Phi) is 7.87. The molecule has 9 heteroatoms. The lowest BCUT2D eigenvalue weighted by atomic mass is 10.2. The largest absolute Gasteiger partial charge is 0.462 e. The molecule has 1 aromatic heterocycles. The van der Waals surface area contributed by atoms with Gasteiger partial charge in [-0.2, -0.15) is 0 Å². The molecule has 0 fully saturated rings. The average Bonchev–Trinajstić information content (AvgIpc) is 2.65. The van der Waals surface area contributed by atoms with Crippen LogP contribution >= 0.6 is 23.4 Å². The fourth-order valence-electron chi connectivity index (χ4n) is 2.19. The van der Waals surface area contributed by atoms with Crippen LogP contribution in [0.15, 0.2) is 35.6 Å². The Morgan fingerprint density at radius 3 is 2.70 bits per heavy atom. The molecule has 2 rings (SSSR count). The van der Waals surface area contributed by atoms with Crippen LogP contribution in [0.4, 0.5) is 5.82 Å². The van der Waals surface area contributed by atoms with Gasteiger partial charge in [0, 0.05) is 17.8 Å². The molecule has 1 aromatic carbocycles. The number of benzene rings is 1. The Hall–Kier alpha value is -2.32. The Labute approximate surface area is 167 Å². The number of carbonyl (C=O) groups is 2. The minimum absolute atomic E-state index is 0.0253. The normalized spacial score (nSPS) is 11.7. The second kappa shape index (κ2) is 10.1. The first-order valence-electron chi connectivity index (χ1n) is 8.43. The quantitative estimate of drug-likeness (QED) is 0.392. The van der Waals surface area contributed by atoms with Crippen LogP contribution in [0.1, 0.15) is 36.2 Å². The van der Waals surface area contributed by atoms with Crippen molar-refractivity contribution >= 4 is 41.1 Å². The maximum Gasteiger partial charge on any atom is 0.343 e. The highest BCUT2D eigenvalue weighted by Crippen LogP contribution is 2.24. The first kappa shape index (κ1) is 21.0. The van der Waals surface area contributed by atoms with Crippen molar-refractivity contribution in [2.75, 3.05) is 12.3 Å². The van der Waals surface area contributed by atoms with Crippen molar-refractivity contribution in [2.24, 2.45) is 0 Å². The van der Waals surface area contributed by atoms with Gasteiger partial charge in [0.05, 0.1) is 11.9 Å². The third-order valence-electron chi connectivity index (χ3n) is 3.61. The van der Waals surface area contributed by atoms with Crippen molar-refractivity contribution in [2.45, 2.75) is 37.2 Å². The molecule has 2 aromatic rings. The van der Waals surface area contributed by atoms with Crippen LogP contribution in [0.3, 0.4) is 0 Å². The fourth-order valence-corrected chi connectivity index (χ4v) is 3.27. The second-order valence-electron chi connectivity index (χ2n) is 5.50. The fraction of sp³-hybridized carbons (Fsp3) is 0.333. The monoisotopic (exact) mass is 408 g/mol. The lowest BCUT2D eigenvalue weighted by molar-refractivity contribution is -0.120. The molecule has 3 N–H and O–H groups in total. The summed E-state index contributed by atoms with van der Waals surface area (Å²) in [5.41, 5.74) is 6.76. The number of nitrogens with two attached hydrogens (primary N) is 1. The number of amides is 1. The van der Waals surface area contributed by atoms with Crippen LogP contribution in [0.5, 0.6) is 0 Å². The van der Waals surface area contributed by atoms with Gasteiger partial charge < -0.3 is 15.8 Å². The number of rotatable bonds is 8. The minimum Gasteiger partial charge on any atom is -0.462 e. The van der Waals surface area contributed by atoms with Gasteiger partial charge in [-0.15, -0.1) is 0 Å². The predicted octanol–water partition coefficient (Wildman–Crippen LogP) is 3.08. The van der Waals surface area contributed by atoms with Gasteiger partial charge in [-0.05, 0) is 25.0 Å². The lowest BCUT2D eigenvalue weighted by Crippen LogP contribution is -2.32. The number of halogens is 1. The summed E-state index contributed by atoms with van der Waals surface area (Å²) in [6.07, 6.45) is 1.89. The first-order chi connectivity index (χ1) is 13.0. The van der Waals surface area contributed by atoms with Crippen LogP contribution in [0, 0.1) is 0 Å². The average molecular weight is 409 g/mol. The Bertz CT molecular complexity index is 819. The SMILES string of the molecule is CCOC(=O)c1cnc(S[C@H](CC)C(=O)NCc2ccccc2Cl)nc1N. The molecule has 27 heavy (non-hydrogen) atoms. The molecule has 0 aliphatic heterocycles. The topological polar surface area (TPSA) is 107 Å². The van der Waals surface area contributed by atoms with Crippen LogP contribution in [-0.4, -0.2) is 33.7 Å². The standard InChI is InChI=1S/C18H21ClN4O3S/c1-3-14(16(24)21-9-11-7-5-6-8-13(11)19)27-18-22-10-12(15(20)23-18)17(25)26-4-2/h5-8,10,14H,3-4,9H2,1-2H3,(H,21,24)(H2,20,22,23)/t14-/m1/s1. The van der Waals surface area contributed by atoms with E-state index in [0.717, 1.165) is 5.56 Å². The zero-order chi connectivity index (χ0) is 19.8. The van der Waals surface area contributed by atoms with Crippen molar-refractivity contribution in [3.8, 4) is 0 Å². The van der Waals surface area contributed by atoms with E-state index in [-0.39, 0.29) is 23.9 Å². The minimum atomic E-state index is -0.573. The van der Waals surface area contributed by atoms with Crippen LogP contribution in [-0.2, 0) is 16.1 Å². The summed E-state index contributed by atoms with van der Waals surface area (Å²) < 4.78 is 4.89. The maximum absolute atomic E-state index is 12.5. The summed E-state index contributed by atoms with van der Waals surface area (Å²) in [7, 11) is 0. The summed E-state index contributed by atoms with van der Waals surface area (Å²) in [5.74, 6) is -0.701. The third kappa shape index (κ3) is 5.83. The van der Waals surface area contributed by atoms with Gasteiger partial charge in [0.2, 0.25) is 5.91 Å². The Balaban J connectivity index is 2.01. The molecule has 1 atom stereocenters. The van der Waals surface area contributed by atoms with Crippen molar-refractivity contribution in [1.82, 2.24) is 15.3 Å². The smallest absolute Gasteiger partial charge is 0.343 e. The molecule has 0 bridgehead atoms. The van der Waals surface area contributed by atoms with Gasteiger partial charge >= 0.3 is 5.97 Å². The molecule has 0 radical (unpaired) electrons. The van der Waals surface area contributed by atoms with Crippen molar-refractivity contribution in [3.05, 3.63) is 46.6 Å². The first-order valence-corrected chi connectivity index (χ1v) is 9.69. The number of esters is 1. The van der Waals surface area contributed by atoms with E-state index in [2.05, 4.69) is 15.3 Å². The van der Waals surface area contributed by atoms with Gasteiger partial charge in [-0.3, -0.25) is 4.79 Å². The van der Waals surface area contributed by atoms with Gasteiger partial charge in [0.25, 0.3) is 0 Å². The van der Waals surface area contributed by atoms with Crippen molar-refractivity contribution < 1.29 is 14.3 Å². The summed E-state index contributed by atoms with van der Waals surface area (Å²) in [4.78, 5) is 32.4. The number of hydrogen-bond donors (Lipinski definition) is 2. The van der Waals surface area contributed by atoms with Gasteiger partial charge in [0.1, 0.15) is 11.4 Å². The molecule has 0 saturated carbocycles. The van der Waals surface area contributed by atoms with Crippen molar-refractivity contribution in [1.29, 1.82) is 0 Å². The van der Waals surface area contributed by atoms with E-state index in [1.807, 2.05) is 25.1 Å². The molecule has 0 spiro atoms. The number of hydrogen-bond acceptors (Lipinski definition) is 7. The summed E-state index contributed by atoms with van der Waals surface area (Å²) in [6.45, 7) is 4.16. The van der Waals surface area contributed by atoms with Gasteiger partial charge in [-0.1, -0.05) is 48.5 Å². The molecule has 0 aliphatic rings.